The van der Waals surface area contributed by atoms with E-state index in [1.807, 2.05) is 18.2 Å². The van der Waals surface area contributed by atoms with Gasteiger partial charge >= 0.3 is 0 Å². The van der Waals surface area contributed by atoms with Gasteiger partial charge in [0.1, 0.15) is 0 Å². The third-order valence-corrected chi connectivity index (χ3v) is 4.68. The maximum absolute atomic E-state index is 12.0. The van der Waals surface area contributed by atoms with Crippen LogP contribution in [0.15, 0.2) is 22.7 Å². The van der Waals surface area contributed by atoms with Crippen molar-refractivity contribution < 1.29 is 4.79 Å². The van der Waals surface area contributed by atoms with Gasteiger partial charge in [0.25, 0.3) is 0 Å². The van der Waals surface area contributed by atoms with E-state index in [2.05, 4.69) is 43.8 Å². The highest BCUT2D eigenvalue weighted by atomic mass is 127. The lowest BCUT2D eigenvalue weighted by Crippen LogP contribution is -2.40. The molecule has 0 spiro atoms. The Hall–Kier alpha value is -0.140. The highest BCUT2D eigenvalue weighted by Crippen LogP contribution is 2.31. The number of hydrogen-bond acceptors (Lipinski definition) is 2. The van der Waals surface area contributed by atoms with Crippen molar-refractivity contribution in [2.24, 2.45) is 5.73 Å². The van der Waals surface area contributed by atoms with Crippen LogP contribution < -0.4 is 11.1 Å². The average molecular weight is 423 g/mol. The molecule has 1 aromatic rings. The molecule has 0 aliphatic heterocycles. The van der Waals surface area contributed by atoms with Gasteiger partial charge in [0.2, 0.25) is 5.91 Å². The maximum Gasteiger partial charge on any atom is 0.226 e. The summed E-state index contributed by atoms with van der Waals surface area (Å²) in [5, 5.41) is 2.93. The second-order valence-corrected chi connectivity index (χ2v) is 7.02. The van der Waals surface area contributed by atoms with Crippen molar-refractivity contribution >= 4 is 50.1 Å². The molecule has 0 saturated heterocycles. The molecule has 0 bridgehead atoms. The summed E-state index contributed by atoms with van der Waals surface area (Å²) in [6.07, 6.45) is 4.58. The number of nitrogens with two attached hydrogens (primary N) is 1. The predicted molar refractivity (Wildman–Crippen MR) is 85.5 cm³/mol. The zero-order valence-corrected chi connectivity index (χ0v) is 13.8. The van der Waals surface area contributed by atoms with E-state index in [0.29, 0.717) is 6.42 Å². The lowest BCUT2D eigenvalue weighted by atomic mass is 9.94. The number of amides is 1. The monoisotopic (exact) mass is 422 g/mol. The third kappa shape index (κ3) is 3.68. The molecular formula is C13H16BrIN2O. The first kappa shape index (κ1) is 14.3. The number of nitrogens with one attached hydrogen (secondary N) is 1. The van der Waals surface area contributed by atoms with Crippen molar-refractivity contribution in [1.29, 1.82) is 0 Å². The fraction of sp³-hybridized carbons (Fsp3) is 0.462. The Morgan fingerprint density at radius 3 is 2.78 bits per heavy atom. The molecule has 3 nitrogen and oxygen atoms in total. The standard InChI is InChI=1S/C13H16BrIN2O/c14-10-4-3-9(15)7-11(10)17-12(18)8-13(16)5-1-2-6-13/h3-4,7H,1-2,5-6,8,16H2,(H,17,18). The Balaban J connectivity index is 2.00. The number of anilines is 1. The lowest BCUT2D eigenvalue weighted by molar-refractivity contribution is -0.117. The van der Waals surface area contributed by atoms with E-state index in [-0.39, 0.29) is 11.4 Å². The van der Waals surface area contributed by atoms with Crippen LogP contribution >= 0.6 is 38.5 Å². The molecule has 1 fully saturated rings. The third-order valence-electron chi connectivity index (χ3n) is 3.31. The van der Waals surface area contributed by atoms with E-state index >= 15 is 0 Å². The van der Waals surface area contributed by atoms with E-state index in [9.17, 15) is 4.79 Å². The Bertz CT molecular complexity index is 458. The number of carbonyl (C=O) groups is 1. The highest BCUT2D eigenvalue weighted by Gasteiger charge is 2.31. The predicted octanol–water partition coefficient (Wildman–Crippen LogP) is 3.65. The molecule has 3 N–H and O–H groups in total. The zero-order chi connectivity index (χ0) is 13.2. The second-order valence-electron chi connectivity index (χ2n) is 4.92. The number of halogens is 2. The van der Waals surface area contributed by atoms with Gasteiger partial charge in [-0.1, -0.05) is 12.8 Å². The number of carbonyl (C=O) groups excluding carboxylic acids is 1. The Morgan fingerprint density at radius 2 is 2.11 bits per heavy atom. The zero-order valence-electron chi connectivity index (χ0n) is 10.0. The normalized spacial score (nSPS) is 17.7. The first-order valence-corrected chi connectivity index (χ1v) is 7.89. The van der Waals surface area contributed by atoms with Gasteiger partial charge in [-0.3, -0.25) is 4.79 Å². The molecule has 0 unspecified atom stereocenters. The molecule has 1 saturated carbocycles. The van der Waals surface area contributed by atoms with Crippen LogP contribution in [0.2, 0.25) is 0 Å². The topological polar surface area (TPSA) is 55.1 Å². The maximum atomic E-state index is 12.0. The van der Waals surface area contributed by atoms with Gasteiger partial charge in [-0.15, -0.1) is 0 Å². The fourth-order valence-electron chi connectivity index (χ4n) is 2.36. The molecule has 0 radical (unpaired) electrons. The van der Waals surface area contributed by atoms with Gasteiger partial charge in [-0.25, -0.2) is 0 Å². The minimum atomic E-state index is -0.293. The molecule has 1 aliphatic carbocycles. The Labute approximate surface area is 129 Å². The van der Waals surface area contributed by atoms with Crippen molar-refractivity contribution in [1.82, 2.24) is 0 Å². The molecule has 0 atom stereocenters. The van der Waals surface area contributed by atoms with Crippen LogP contribution in [0.4, 0.5) is 5.69 Å². The lowest BCUT2D eigenvalue weighted by Gasteiger charge is -2.22. The van der Waals surface area contributed by atoms with Crippen molar-refractivity contribution in [2.45, 2.75) is 37.6 Å². The summed E-state index contributed by atoms with van der Waals surface area (Å²) >= 11 is 5.66. The molecule has 1 amide bonds. The highest BCUT2D eigenvalue weighted by molar-refractivity contribution is 14.1. The second kappa shape index (κ2) is 5.88. The van der Waals surface area contributed by atoms with Crippen molar-refractivity contribution in [3.63, 3.8) is 0 Å². The van der Waals surface area contributed by atoms with E-state index < -0.39 is 0 Å². The van der Waals surface area contributed by atoms with Crippen LogP contribution in [0.1, 0.15) is 32.1 Å². The van der Waals surface area contributed by atoms with Crippen molar-refractivity contribution in [3.8, 4) is 0 Å². The van der Waals surface area contributed by atoms with E-state index in [4.69, 9.17) is 5.73 Å². The quantitative estimate of drug-likeness (QED) is 0.730. The van der Waals surface area contributed by atoms with Gasteiger partial charge in [-0.2, -0.15) is 0 Å². The van der Waals surface area contributed by atoms with Gasteiger partial charge in [0.05, 0.1) is 5.69 Å². The first-order chi connectivity index (χ1) is 8.48. The van der Waals surface area contributed by atoms with E-state index in [1.54, 1.807) is 0 Å². The van der Waals surface area contributed by atoms with Crippen LogP contribution in [0, 0.1) is 3.57 Å². The van der Waals surface area contributed by atoms with Gasteiger partial charge in [-0.05, 0) is 69.6 Å². The summed E-state index contributed by atoms with van der Waals surface area (Å²) in [6.45, 7) is 0. The fourth-order valence-corrected chi connectivity index (χ4v) is 3.20. The summed E-state index contributed by atoms with van der Waals surface area (Å²) in [7, 11) is 0. The van der Waals surface area contributed by atoms with Gasteiger partial charge in [0, 0.05) is 20.0 Å². The van der Waals surface area contributed by atoms with E-state index in [1.165, 1.54) is 0 Å². The van der Waals surface area contributed by atoms with Crippen molar-refractivity contribution in [2.75, 3.05) is 5.32 Å². The van der Waals surface area contributed by atoms with Crippen LogP contribution in [0.25, 0.3) is 0 Å². The molecular weight excluding hydrogens is 407 g/mol. The molecule has 98 valence electrons. The summed E-state index contributed by atoms with van der Waals surface area (Å²) in [5.41, 5.74) is 6.73. The van der Waals surface area contributed by atoms with Gasteiger partial charge in [0.15, 0.2) is 0 Å². The number of hydrogen-bond donors (Lipinski definition) is 2. The average Bonchev–Trinajstić information content (AvgIpc) is 2.70. The van der Waals surface area contributed by atoms with Crippen LogP contribution in [0.3, 0.4) is 0 Å². The smallest absolute Gasteiger partial charge is 0.226 e. The van der Waals surface area contributed by atoms with Crippen molar-refractivity contribution in [3.05, 3.63) is 26.2 Å². The Kier molecular flexibility index (Phi) is 4.66. The number of rotatable bonds is 3. The molecule has 1 aromatic carbocycles. The Morgan fingerprint density at radius 1 is 1.44 bits per heavy atom. The SMILES string of the molecule is NC1(CC(=O)Nc2cc(I)ccc2Br)CCCC1. The summed E-state index contributed by atoms with van der Waals surface area (Å²) in [6, 6.07) is 5.87. The van der Waals surface area contributed by atoms with Crippen LogP contribution in [-0.4, -0.2) is 11.4 Å². The molecule has 5 heteroatoms. The largest absolute Gasteiger partial charge is 0.325 e. The molecule has 0 heterocycles. The molecule has 18 heavy (non-hydrogen) atoms. The summed E-state index contributed by atoms with van der Waals surface area (Å²) < 4.78 is 1.99. The molecule has 2 rings (SSSR count). The molecule has 1 aliphatic rings. The van der Waals surface area contributed by atoms with Crippen LogP contribution in [0.5, 0.6) is 0 Å². The van der Waals surface area contributed by atoms with Gasteiger partial charge < -0.3 is 11.1 Å². The van der Waals surface area contributed by atoms with E-state index in [0.717, 1.165) is 39.4 Å². The van der Waals surface area contributed by atoms with Crippen LogP contribution in [-0.2, 0) is 4.79 Å². The summed E-state index contributed by atoms with van der Waals surface area (Å²) in [5.74, 6) is 0.00194. The summed E-state index contributed by atoms with van der Waals surface area (Å²) in [4.78, 5) is 12.0. The molecule has 0 aromatic heterocycles. The number of benzene rings is 1. The first-order valence-electron chi connectivity index (χ1n) is 6.02. The minimum absolute atomic E-state index is 0.00194. The minimum Gasteiger partial charge on any atom is -0.325 e.